The third-order valence-corrected chi connectivity index (χ3v) is 2.94. The monoisotopic (exact) mass is 258 g/mol. The molecular weight excluding hydrogens is 251 g/mol. The molecule has 0 N–H and O–H groups in total. The number of pyridine rings is 2. The fraction of sp³-hybridized carbons (Fsp3) is 0. The summed E-state index contributed by atoms with van der Waals surface area (Å²) < 4.78 is 13.2. The maximum Gasteiger partial charge on any atom is 0.125 e. The van der Waals surface area contributed by atoms with Gasteiger partial charge in [-0.1, -0.05) is 11.6 Å². The smallest absolute Gasteiger partial charge is 0.125 e. The number of hydrogen-bond acceptors (Lipinski definition) is 2. The first-order chi connectivity index (χ1) is 8.74. The van der Waals surface area contributed by atoms with Gasteiger partial charge in [0.25, 0.3) is 0 Å². The van der Waals surface area contributed by atoms with Crippen LogP contribution in [-0.2, 0) is 0 Å². The van der Waals surface area contributed by atoms with Crippen LogP contribution >= 0.6 is 11.6 Å². The van der Waals surface area contributed by atoms with Gasteiger partial charge in [-0.2, -0.15) is 0 Å². The largest absolute Gasteiger partial charge is 0.256 e. The van der Waals surface area contributed by atoms with Gasteiger partial charge in [0.05, 0.1) is 11.2 Å². The summed E-state index contributed by atoms with van der Waals surface area (Å²) in [6.07, 6.45) is 3.28. The molecule has 2 aromatic heterocycles. The number of hydrogen-bond donors (Lipinski definition) is 0. The van der Waals surface area contributed by atoms with Crippen molar-refractivity contribution in [2.45, 2.75) is 0 Å². The maximum atomic E-state index is 13.2. The van der Waals surface area contributed by atoms with Crippen molar-refractivity contribution in [2.75, 3.05) is 0 Å². The first kappa shape index (κ1) is 11.1. The van der Waals surface area contributed by atoms with Gasteiger partial charge in [0.1, 0.15) is 5.82 Å². The fourth-order valence-electron chi connectivity index (χ4n) is 1.90. The third kappa shape index (κ3) is 1.93. The number of fused-ring (bicyclic) bond motifs is 1. The molecule has 0 spiro atoms. The van der Waals surface area contributed by atoms with E-state index in [1.807, 2.05) is 6.07 Å². The Morgan fingerprint density at radius 1 is 0.944 bits per heavy atom. The first-order valence-electron chi connectivity index (χ1n) is 5.40. The van der Waals surface area contributed by atoms with Gasteiger partial charge in [-0.15, -0.1) is 0 Å². The molecule has 0 atom stereocenters. The summed E-state index contributed by atoms with van der Waals surface area (Å²) in [6, 6.07) is 9.86. The minimum absolute atomic E-state index is 0.300. The Balaban J connectivity index is 2.29. The number of aromatic nitrogens is 2. The minimum Gasteiger partial charge on any atom is -0.256 e. The van der Waals surface area contributed by atoms with Crippen molar-refractivity contribution in [1.82, 2.24) is 9.97 Å². The van der Waals surface area contributed by atoms with Crippen LogP contribution in [0, 0.1) is 5.82 Å². The zero-order valence-electron chi connectivity index (χ0n) is 9.27. The molecule has 0 saturated carbocycles. The molecule has 4 heteroatoms. The summed E-state index contributed by atoms with van der Waals surface area (Å²) in [6.45, 7) is 0. The second kappa shape index (κ2) is 4.35. The topological polar surface area (TPSA) is 25.8 Å². The normalized spacial score (nSPS) is 10.8. The molecule has 3 rings (SSSR count). The maximum absolute atomic E-state index is 13.2. The van der Waals surface area contributed by atoms with Gasteiger partial charge < -0.3 is 0 Å². The molecule has 0 amide bonds. The third-order valence-electron chi connectivity index (χ3n) is 2.70. The number of halogens is 2. The number of nitrogens with zero attached hydrogens (tertiary/aromatic N) is 2. The summed E-state index contributed by atoms with van der Waals surface area (Å²) >= 11 is 5.96. The van der Waals surface area contributed by atoms with Crippen molar-refractivity contribution < 1.29 is 4.39 Å². The highest BCUT2D eigenvalue weighted by atomic mass is 35.5. The lowest BCUT2D eigenvalue weighted by Gasteiger charge is -2.05. The quantitative estimate of drug-likeness (QED) is 0.657. The van der Waals surface area contributed by atoms with Crippen molar-refractivity contribution in [2.24, 2.45) is 0 Å². The van der Waals surface area contributed by atoms with Gasteiger partial charge in [0, 0.05) is 34.4 Å². The first-order valence-corrected chi connectivity index (χ1v) is 5.78. The molecule has 0 aliphatic rings. The van der Waals surface area contributed by atoms with E-state index in [4.69, 9.17) is 11.6 Å². The number of rotatable bonds is 1. The highest BCUT2D eigenvalue weighted by Gasteiger charge is 2.06. The lowest BCUT2D eigenvalue weighted by atomic mass is 10.1. The highest BCUT2D eigenvalue weighted by Crippen LogP contribution is 2.27. The summed E-state index contributed by atoms with van der Waals surface area (Å²) in [4.78, 5) is 8.43. The van der Waals surface area contributed by atoms with E-state index in [0.29, 0.717) is 10.5 Å². The summed E-state index contributed by atoms with van der Waals surface area (Å²) in [7, 11) is 0. The van der Waals surface area contributed by atoms with Gasteiger partial charge in [0.15, 0.2) is 0 Å². The van der Waals surface area contributed by atoms with Crippen LogP contribution in [-0.4, -0.2) is 9.97 Å². The van der Waals surface area contributed by atoms with E-state index in [9.17, 15) is 4.39 Å². The molecule has 0 aliphatic carbocycles. The van der Waals surface area contributed by atoms with Crippen molar-refractivity contribution in [3.05, 3.63) is 59.6 Å². The molecule has 0 bridgehead atoms. The molecular formula is C14H8ClFN2. The van der Waals surface area contributed by atoms with Crippen LogP contribution in [0.1, 0.15) is 0 Å². The Bertz CT molecular complexity index is 728. The van der Waals surface area contributed by atoms with Crippen LogP contribution in [0.4, 0.5) is 4.39 Å². The molecule has 0 radical (unpaired) electrons. The van der Waals surface area contributed by atoms with Crippen molar-refractivity contribution in [3.63, 3.8) is 0 Å². The summed E-state index contributed by atoms with van der Waals surface area (Å²) in [5, 5.41) is 1.47. The van der Waals surface area contributed by atoms with Crippen LogP contribution in [0.5, 0.6) is 0 Å². The lowest BCUT2D eigenvalue weighted by molar-refractivity contribution is 0.629. The Hall–Kier alpha value is -2.00. The molecule has 0 fully saturated rings. The van der Waals surface area contributed by atoms with E-state index in [2.05, 4.69) is 9.97 Å². The van der Waals surface area contributed by atoms with Crippen LogP contribution < -0.4 is 0 Å². The average Bonchev–Trinajstić information content (AvgIpc) is 2.37. The lowest BCUT2D eigenvalue weighted by Crippen LogP contribution is -1.88. The molecule has 0 aliphatic heterocycles. The van der Waals surface area contributed by atoms with Gasteiger partial charge in [-0.3, -0.25) is 9.97 Å². The molecule has 0 unspecified atom stereocenters. The van der Waals surface area contributed by atoms with E-state index in [1.54, 1.807) is 30.6 Å². The molecule has 18 heavy (non-hydrogen) atoms. The van der Waals surface area contributed by atoms with E-state index in [0.717, 1.165) is 16.6 Å². The van der Waals surface area contributed by atoms with Crippen molar-refractivity contribution in [3.8, 4) is 11.3 Å². The average molecular weight is 259 g/mol. The van der Waals surface area contributed by atoms with Gasteiger partial charge >= 0.3 is 0 Å². The molecule has 2 heterocycles. The SMILES string of the molecule is Fc1ccc2c(-c3cc(Cl)ccn3)ccnc2c1. The zero-order chi connectivity index (χ0) is 12.5. The van der Waals surface area contributed by atoms with E-state index in [-0.39, 0.29) is 5.82 Å². The highest BCUT2D eigenvalue weighted by molar-refractivity contribution is 6.30. The van der Waals surface area contributed by atoms with Gasteiger partial charge in [-0.25, -0.2) is 4.39 Å². The van der Waals surface area contributed by atoms with Gasteiger partial charge in [0.2, 0.25) is 0 Å². The van der Waals surface area contributed by atoms with Crippen molar-refractivity contribution in [1.29, 1.82) is 0 Å². The predicted octanol–water partition coefficient (Wildman–Crippen LogP) is 4.09. The van der Waals surface area contributed by atoms with Gasteiger partial charge in [-0.05, 0) is 30.3 Å². The zero-order valence-corrected chi connectivity index (χ0v) is 10.0. The molecule has 1 aromatic carbocycles. The van der Waals surface area contributed by atoms with E-state index >= 15 is 0 Å². The minimum atomic E-state index is -0.300. The fourth-order valence-corrected chi connectivity index (χ4v) is 2.06. The Kier molecular flexibility index (Phi) is 2.68. The van der Waals surface area contributed by atoms with Crippen LogP contribution in [0.3, 0.4) is 0 Å². The number of benzene rings is 1. The molecule has 2 nitrogen and oxygen atoms in total. The second-order valence-electron chi connectivity index (χ2n) is 3.88. The van der Waals surface area contributed by atoms with E-state index < -0.39 is 0 Å². The Morgan fingerprint density at radius 3 is 2.61 bits per heavy atom. The second-order valence-corrected chi connectivity index (χ2v) is 4.32. The van der Waals surface area contributed by atoms with Crippen LogP contribution in [0.25, 0.3) is 22.2 Å². The molecule has 0 saturated heterocycles. The predicted molar refractivity (Wildman–Crippen MR) is 69.9 cm³/mol. The van der Waals surface area contributed by atoms with E-state index in [1.165, 1.54) is 12.1 Å². The standard InChI is InChI=1S/C14H8ClFN2/c15-9-3-5-17-13(7-9)12-4-6-18-14-8-10(16)1-2-11(12)14/h1-8H. The Labute approximate surface area is 108 Å². The van der Waals surface area contributed by atoms with Crippen molar-refractivity contribution >= 4 is 22.5 Å². The van der Waals surface area contributed by atoms with Crippen LogP contribution in [0.15, 0.2) is 48.8 Å². The molecule has 88 valence electrons. The Morgan fingerprint density at radius 2 is 1.78 bits per heavy atom. The molecule has 3 aromatic rings. The summed E-state index contributed by atoms with van der Waals surface area (Å²) in [5.74, 6) is -0.300. The van der Waals surface area contributed by atoms with Crippen LogP contribution in [0.2, 0.25) is 5.02 Å². The summed E-state index contributed by atoms with van der Waals surface area (Å²) in [5.41, 5.74) is 2.25.